The van der Waals surface area contributed by atoms with Crippen molar-refractivity contribution in [3.8, 4) is 0 Å². The second-order valence-electron chi connectivity index (χ2n) is 8.62. The van der Waals surface area contributed by atoms with Crippen LogP contribution in [0.5, 0.6) is 0 Å². The maximum Gasteiger partial charge on any atom is 0.120 e. The second kappa shape index (κ2) is 5.41. The molecule has 0 bridgehead atoms. The van der Waals surface area contributed by atoms with Crippen LogP contribution in [-0.4, -0.2) is 27.2 Å². The van der Waals surface area contributed by atoms with E-state index in [2.05, 4.69) is 78.9 Å². The van der Waals surface area contributed by atoms with Gasteiger partial charge in [0.25, 0.3) is 0 Å². The molecule has 0 saturated heterocycles. The molecular formula is C15H36NSi2. The van der Waals surface area contributed by atoms with E-state index in [-0.39, 0.29) is 0 Å². The van der Waals surface area contributed by atoms with Crippen LogP contribution in [0.2, 0.25) is 36.3 Å². The molecule has 0 unspecified atom stereocenters. The average molecular weight is 287 g/mol. The first-order valence-electron chi connectivity index (χ1n) is 7.26. The standard InChI is InChI=1S/C15H36NSi2/c1-12-13-16(17(8,9)14(2,3)4)18(10,11)15(5,6)7/h1,12-13H2,2-11H3. The van der Waals surface area contributed by atoms with Crippen molar-refractivity contribution in [2.75, 3.05) is 6.54 Å². The molecule has 0 aromatic carbocycles. The minimum absolute atomic E-state index is 0.414. The topological polar surface area (TPSA) is 3.24 Å². The van der Waals surface area contributed by atoms with Crippen LogP contribution in [0.1, 0.15) is 48.0 Å². The molecule has 0 aliphatic rings. The molecule has 1 nitrogen and oxygen atoms in total. The number of hydrogen-bond acceptors (Lipinski definition) is 1. The van der Waals surface area contributed by atoms with E-state index in [4.69, 9.17) is 0 Å². The zero-order valence-electron chi connectivity index (χ0n) is 14.6. The van der Waals surface area contributed by atoms with Gasteiger partial charge < -0.3 is 4.23 Å². The third kappa shape index (κ3) is 3.48. The van der Waals surface area contributed by atoms with Crippen LogP contribution in [-0.2, 0) is 0 Å². The molecule has 0 rings (SSSR count). The smallest absolute Gasteiger partial charge is 0.120 e. The van der Waals surface area contributed by atoms with Gasteiger partial charge in [-0.3, -0.25) is 0 Å². The van der Waals surface area contributed by atoms with Crippen molar-refractivity contribution >= 4 is 16.5 Å². The SMILES string of the molecule is [CH2]CCN([Si](C)(C)C(C)(C)C)[Si](C)(C)C(C)(C)C. The maximum absolute atomic E-state index is 4.12. The van der Waals surface area contributed by atoms with Crippen molar-refractivity contribution in [2.45, 2.75) is 84.2 Å². The third-order valence-corrected chi connectivity index (χ3v) is 19.2. The number of hydrogen-bond donors (Lipinski definition) is 0. The van der Waals surface area contributed by atoms with E-state index in [1.54, 1.807) is 0 Å². The lowest BCUT2D eigenvalue weighted by Gasteiger charge is -2.57. The van der Waals surface area contributed by atoms with E-state index in [1.807, 2.05) is 0 Å². The molecule has 0 heterocycles. The molecule has 0 aliphatic carbocycles. The van der Waals surface area contributed by atoms with Gasteiger partial charge >= 0.3 is 0 Å². The van der Waals surface area contributed by atoms with Crippen molar-refractivity contribution in [1.29, 1.82) is 0 Å². The molecular weight excluding hydrogens is 250 g/mol. The van der Waals surface area contributed by atoms with Crippen LogP contribution < -0.4 is 0 Å². The van der Waals surface area contributed by atoms with Gasteiger partial charge in [-0.2, -0.15) is 0 Å². The maximum atomic E-state index is 4.12. The summed E-state index contributed by atoms with van der Waals surface area (Å²) in [4.78, 5) is 0. The highest BCUT2D eigenvalue weighted by Gasteiger charge is 2.51. The molecule has 1 radical (unpaired) electrons. The highest BCUT2D eigenvalue weighted by molar-refractivity contribution is 6.93. The van der Waals surface area contributed by atoms with Gasteiger partial charge in [0, 0.05) is 0 Å². The first kappa shape index (κ1) is 18.4. The molecule has 0 aromatic heterocycles. The van der Waals surface area contributed by atoms with Crippen LogP contribution >= 0.6 is 0 Å². The molecule has 109 valence electrons. The lowest BCUT2D eigenvalue weighted by atomic mass is 10.2. The van der Waals surface area contributed by atoms with Crippen LogP contribution in [0.4, 0.5) is 0 Å². The van der Waals surface area contributed by atoms with Gasteiger partial charge in [0.05, 0.1) is 0 Å². The summed E-state index contributed by atoms with van der Waals surface area (Å²) in [5, 5.41) is 0.829. The summed E-state index contributed by atoms with van der Waals surface area (Å²) in [6.45, 7) is 30.0. The van der Waals surface area contributed by atoms with Crippen molar-refractivity contribution in [1.82, 2.24) is 4.23 Å². The van der Waals surface area contributed by atoms with Crippen LogP contribution in [0.25, 0.3) is 0 Å². The normalized spacial score (nSPS) is 15.3. The Morgan fingerprint density at radius 3 is 1.22 bits per heavy atom. The summed E-state index contributed by atoms with van der Waals surface area (Å²) in [7, 11) is -2.89. The van der Waals surface area contributed by atoms with Crippen LogP contribution in [0.3, 0.4) is 0 Å². The summed E-state index contributed by atoms with van der Waals surface area (Å²) in [5.74, 6) is 0. The molecule has 0 aromatic rings. The third-order valence-electron chi connectivity index (χ3n) is 5.40. The quantitative estimate of drug-likeness (QED) is 0.615. The van der Waals surface area contributed by atoms with Gasteiger partial charge in [-0.1, -0.05) is 74.7 Å². The molecule has 18 heavy (non-hydrogen) atoms. The fourth-order valence-corrected chi connectivity index (χ4v) is 12.9. The van der Waals surface area contributed by atoms with E-state index in [0.29, 0.717) is 10.1 Å². The Morgan fingerprint density at radius 1 is 0.778 bits per heavy atom. The molecule has 0 amide bonds. The van der Waals surface area contributed by atoms with E-state index < -0.39 is 16.5 Å². The monoisotopic (exact) mass is 286 g/mol. The Hall–Kier alpha value is 0.394. The number of nitrogens with zero attached hydrogens (tertiary/aromatic N) is 1. The second-order valence-corrected chi connectivity index (χ2v) is 19.4. The van der Waals surface area contributed by atoms with Crippen molar-refractivity contribution in [2.24, 2.45) is 0 Å². The highest BCUT2D eigenvalue weighted by Crippen LogP contribution is 2.46. The predicted octanol–water partition coefficient (Wildman–Crippen LogP) is 5.52. The van der Waals surface area contributed by atoms with E-state index in [1.165, 1.54) is 6.54 Å². The average Bonchev–Trinajstić information content (AvgIpc) is 2.09. The summed E-state index contributed by atoms with van der Waals surface area (Å²) < 4.78 is 2.94. The lowest BCUT2D eigenvalue weighted by molar-refractivity contribution is 0.516. The lowest BCUT2D eigenvalue weighted by Crippen LogP contribution is -2.68. The molecule has 0 fully saturated rings. The first-order chi connectivity index (χ1) is 7.69. The highest BCUT2D eigenvalue weighted by atomic mass is 28.4. The summed E-state index contributed by atoms with van der Waals surface area (Å²) in [6, 6.07) is 0. The molecule has 0 atom stereocenters. The summed E-state index contributed by atoms with van der Waals surface area (Å²) in [5.41, 5.74) is 0. The zero-order valence-corrected chi connectivity index (χ0v) is 16.6. The Bertz CT molecular complexity index is 243. The Balaban J connectivity index is 5.60. The minimum atomic E-state index is -1.45. The molecule has 0 aliphatic heterocycles. The molecule has 0 saturated carbocycles. The fraction of sp³-hybridized carbons (Fsp3) is 0.933. The Morgan fingerprint density at radius 2 is 1.06 bits per heavy atom. The molecule has 0 N–H and O–H groups in total. The van der Waals surface area contributed by atoms with Gasteiger partial charge in [0.2, 0.25) is 0 Å². The predicted molar refractivity (Wildman–Crippen MR) is 91.1 cm³/mol. The van der Waals surface area contributed by atoms with Crippen molar-refractivity contribution in [3.63, 3.8) is 0 Å². The fourth-order valence-electron chi connectivity index (χ4n) is 2.23. The van der Waals surface area contributed by atoms with Gasteiger partial charge in [-0.05, 0) is 23.0 Å². The minimum Gasteiger partial charge on any atom is -0.345 e. The van der Waals surface area contributed by atoms with Crippen molar-refractivity contribution in [3.05, 3.63) is 6.92 Å². The number of rotatable bonds is 4. The Labute approximate surface area is 119 Å². The van der Waals surface area contributed by atoms with E-state index in [9.17, 15) is 0 Å². The zero-order chi connectivity index (χ0) is 15.0. The first-order valence-corrected chi connectivity index (χ1v) is 13.2. The van der Waals surface area contributed by atoms with Crippen molar-refractivity contribution < 1.29 is 0 Å². The molecule has 3 heteroatoms. The van der Waals surface area contributed by atoms with Crippen LogP contribution in [0.15, 0.2) is 0 Å². The molecule has 0 spiro atoms. The van der Waals surface area contributed by atoms with Crippen LogP contribution in [0, 0.1) is 6.92 Å². The van der Waals surface area contributed by atoms with E-state index in [0.717, 1.165) is 6.42 Å². The largest absolute Gasteiger partial charge is 0.345 e. The summed E-state index contributed by atoms with van der Waals surface area (Å²) in [6.07, 6.45) is 1.03. The van der Waals surface area contributed by atoms with Gasteiger partial charge in [-0.15, -0.1) is 0 Å². The van der Waals surface area contributed by atoms with Gasteiger partial charge in [0.15, 0.2) is 0 Å². The van der Waals surface area contributed by atoms with Gasteiger partial charge in [-0.25, -0.2) is 0 Å². The summed E-state index contributed by atoms with van der Waals surface area (Å²) >= 11 is 0. The van der Waals surface area contributed by atoms with Gasteiger partial charge in [0.1, 0.15) is 16.5 Å². The van der Waals surface area contributed by atoms with E-state index >= 15 is 0 Å². The Kier molecular flexibility index (Phi) is 5.53.